The van der Waals surface area contributed by atoms with Crippen LogP contribution in [0.2, 0.25) is 0 Å². The lowest BCUT2D eigenvalue weighted by atomic mass is 9.88. The summed E-state index contributed by atoms with van der Waals surface area (Å²) in [6.45, 7) is 5.62. The first-order chi connectivity index (χ1) is 14.0. The summed E-state index contributed by atoms with van der Waals surface area (Å²) in [4.78, 5) is 16.9. The summed E-state index contributed by atoms with van der Waals surface area (Å²) in [6.07, 6.45) is 2.36. The number of morpholine rings is 1. The highest BCUT2D eigenvalue weighted by Gasteiger charge is 2.45. The van der Waals surface area contributed by atoms with E-state index in [1.165, 1.54) is 11.6 Å². The van der Waals surface area contributed by atoms with E-state index in [-0.39, 0.29) is 29.7 Å². The molecule has 2 aromatic carbocycles. The molecule has 0 aliphatic carbocycles. The first kappa shape index (κ1) is 22.7. The second-order valence-corrected chi connectivity index (χ2v) is 8.31. The summed E-state index contributed by atoms with van der Waals surface area (Å²) >= 11 is 0. The molecule has 6 heteroatoms. The number of amides is 1. The normalized spacial score (nSPS) is 21.5. The molecule has 1 spiro atoms. The van der Waals surface area contributed by atoms with Crippen molar-refractivity contribution in [2.75, 3.05) is 26.2 Å². The maximum Gasteiger partial charge on any atom is 0.251 e. The van der Waals surface area contributed by atoms with Gasteiger partial charge in [-0.25, -0.2) is 4.39 Å². The molecule has 0 N–H and O–H groups in total. The maximum absolute atomic E-state index is 14.1. The van der Waals surface area contributed by atoms with E-state index in [0.717, 1.165) is 38.9 Å². The number of rotatable bonds is 5. The second-order valence-electron chi connectivity index (χ2n) is 8.31. The van der Waals surface area contributed by atoms with E-state index in [0.29, 0.717) is 18.7 Å². The fourth-order valence-corrected chi connectivity index (χ4v) is 4.50. The van der Waals surface area contributed by atoms with Crippen LogP contribution in [0.15, 0.2) is 54.6 Å². The highest BCUT2D eigenvalue weighted by molar-refractivity contribution is 5.85. The standard InChI is InChI=1S/C24H29FN2O2.ClH/c1-19-23(28)27(17-21-9-5-6-10-22(21)25)18-24(29-19)12-15-26(16-13-24)14-11-20-7-3-2-4-8-20;/h2-10,19H,11-18H2,1H3;1H. The monoisotopic (exact) mass is 432 g/mol. The summed E-state index contributed by atoms with van der Waals surface area (Å²) in [5.74, 6) is -0.311. The summed E-state index contributed by atoms with van der Waals surface area (Å²) < 4.78 is 20.3. The number of piperidine rings is 1. The molecule has 0 radical (unpaired) electrons. The van der Waals surface area contributed by atoms with Crippen molar-refractivity contribution in [1.29, 1.82) is 0 Å². The van der Waals surface area contributed by atoms with Crippen LogP contribution in [0.1, 0.15) is 30.9 Å². The van der Waals surface area contributed by atoms with Gasteiger partial charge in [0.15, 0.2) is 0 Å². The van der Waals surface area contributed by atoms with Crippen LogP contribution < -0.4 is 0 Å². The van der Waals surface area contributed by atoms with Gasteiger partial charge in [-0.1, -0.05) is 48.5 Å². The van der Waals surface area contributed by atoms with Gasteiger partial charge >= 0.3 is 0 Å². The van der Waals surface area contributed by atoms with Crippen molar-refractivity contribution in [2.24, 2.45) is 0 Å². The average molecular weight is 433 g/mol. The molecule has 0 bridgehead atoms. The van der Waals surface area contributed by atoms with E-state index in [2.05, 4.69) is 29.2 Å². The Hall–Kier alpha value is -1.95. The van der Waals surface area contributed by atoms with Crippen molar-refractivity contribution >= 4 is 18.3 Å². The van der Waals surface area contributed by atoms with E-state index >= 15 is 0 Å². The Morgan fingerprint density at radius 1 is 1.07 bits per heavy atom. The van der Waals surface area contributed by atoms with E-state index in [9.17, 15) is 9.18 Å². The van der Waals surface area contributed by atoms with Crippen LogP contribution in [0.5, 0.6) is 0 Å². The Bertz CT molecular complexity index is 840. The smallest absolute Gasteiger partial charge is 0.251 e. The first-order valence-corrected chi connectivity index (χ1v) is 10.5. The minimum atomic E-state index is -0.480. The SMILES string of the molecule is CC1OC2(CCN(CCc3ccccc3)CC2)CN(Cc2ccccc2F)C1=O.Cl. The molecule has 4 nitrogen and oxygen atoms in total. The van der Waals surface area contributed by atoms with Gasteiger partial charge in [0.2, 0.25) is 0 Å². The Balaban J connectivity index is 0.00000256. The van der Waals surface area contributed by atoms with Gasteiger partial charge in [-0.2, -0.15) is 0 Å². The van der Waals surface area contributed by atoms with Crippen LogP contribution in [-0.2, 0) is 22.5 Å². The number of halogens is 2. The minimum Gasteiger partial charge on any atom is -0.360 e. The molecular weight excluding hydrogens is 403 g/mol. The molecular formula is C24H30ClFN2O2. The topological polar surface area (TPSA) is 32.8 Å². The predicted molar refractivity (Wildman–Crippen MR) is 118 cm³/mol. The largest absolute Gasteiger partial charge is 0.360 e. The van der Waals surface area contributed by atoms with Gasteiger partial charge < -0.3 is 14.5 Å². The Morgan fingerprint density at radius 2 is 1.73 bits per heavy atom. The second kappa shape index (κ2) is 9.90. The first-order valence-electron chi connectivity index (χ1n) is 10.5. The van der Waals surface area contributed by atoms with Crippen molar-refractivity contribution in [3.8, 4) is 0 Å². The van der Waals surface area contributed by atoms with E-state index in [1.807, 2.05) is 19.1 Å². The van der Waals surface area contributed by atoms with E-state index in [1.54, 1.807) is 17.0 Å². The number of nitrogens with zero attached hydrogens (tertiary/aromatic N) is 2. The maximum atomic E-state index is 14.1. The summed E-state index contributed by atoms with van der Waals surface area (Å²) in [5, 5.41) is 0. The van der Waals surface area contributed by atoms with Gasteiger partial charge in [0.1, 0.15) is 11.9 Å². The lowest BCUT2D eigenvalue weighted by molar-refractivity contribution is -0.190. The fourth-order valence-electron chi connectivity index (χ4n) is 4.50. The quantitative estimate of drug-likeness (QED) is 0.714. The predicted octanol–water partition coefficient (Wildman–Crippen LogP) is 4.07. The van der Waals surface area contributed by atoms with E-state index < -0.39 is 6.10 Å². The molecule has 2 fully saturated rings. The molecule has 2 aliphatic heterocycles. The summed E-state index contributed by atoms with van der Waals surface area (Å²) in [5.41, 5.74) is 1.60. The minimum absolute atomic E-state index is 0. The molecule has 1 amide bonds. The highest BCUT2D eigenvalue weighted by Crippen LogP contribution is 2.33. The van der Waals surface area contributed by atoms with E-state index in [4.69, 9.17) is 4.74 Å². The zero-order valence-corrected chi connectivity index (χ0v) is 18.2. The third kappa shape index (κ3) is 5.20. The van der Waals surface area contributed by atoms with Crippen molar-refractivity contribution in [3.05, 3.63) is 71.5 Å². The molecule has 2 aliphatic rings. The summed E-state index contributed by atoms with van der Waals surface area (Å²) in [7, 11) is 0. The number of carbonyl (C=O) groups excluding carboxylic acids is 1. The van der Waals surface area contributed by atoms with Gasteiger partial charge in [0.25, 0.3) is 5.91 Å². The Labute approximate surface area is 184 Å². The molecule has 1 unspecified atom stereocenters. The van der Waals surface area contributed by atoms with Crippen molar-refractivity contribution in [1.82, 2.24) is 9.80 Å². The zero-order chi connectivity index (χ0) is 20.3. The lowest BCUT2D eigenvalue weighted by Crippen LogP contribution is -2.61. The number of benzene rings is 2. The van der Waals surface area contributed by atoms with Gasteiger partial charge in [-0.05, 0) is 37.8 Å². The fraction of sp³-hybridized carbons (Fsp3) is 0.458. The van der Waals surface area contributed by atoms with Gasteiger partial charge in [-0.15, -0.1) is 12.4 Å². The van der Waals surface area contributed by atoms with Crippen molar-refractivity contribution in [2.45, 2.75) is 44.4 Å². The molecule has 4 rings (SSSR count). The number of ether oxygens (including phenoxy) is 1. The third-order valence-electron chi connectivity index (χ3n) is 6.21. The summed E-state index contributed by atoms with van der Waals surface area (Å²) in [6, 6.07) is 17.2. The number of hydrogen-bond acceptors (Lipinski definition) is 3. The zero-order valence-electron chi connectivity index (χ0n) is 17.4. The average Bonchev–Trinajstić information content (AvgIpc) is 2.74. The van der Waals surface area contributed by atoms with Crippen LogP contribution in [0.25, 0.3) is 0 Å². The molecule has 2 aromatic rings. The Kier molecular flexibility index (Phi) is 7.50. The van der Waals surface area contributed by atoms with Crippen LogP contribution in [0.3, 0.4) is 0 Å². The number of carbonyl (C=O) groups is 1. The Morgan fingerprint density at radius 3 is 2.43 bits per heavy atom. The van der Waals surface area contributed by atoms with Crippen LogP contribution in [-0.4, -0.2) is 53.6 Å². The molecule has 2 heterocycles. The van der Waals surface area contributed by atoms with Crippen molar-refractivity contribution in [3.63, 3.8) is 0 Å². The molecule has 0 saturated carbocycles. The molecule has 30 heavy (non-hydrogen) atoms. The van der Waals surface area contributed by atoms with Gasteiger partial charge in [-0.3, -0.25) is 4.79 Å². The highest BCUT2D eigenvalue weighted by atomic mass is 35.5. The number of hydrogen-bond donors (Lipinski definition) is 0. The molecule has 0 aromatic heterocycles. The molecule has 2 saturated heterocycles. The van der Waals surface area contributed by atoms with Gasteiger partial charge in [0, 0.05) is 31.7 Å². The van der Waals surface area contributed by atoms with Crippen LogP contribution in [0, 0.1) is 5.82 Å². The lowest BCUT2D eigenvalue weighted by Gasteiger charge is -2.49. The molecule has 162 valence electrons. The van der Waals surface area contributed by atoms with Crippen molar-refractivity contribution < 1.29 is 13.9 Å². The number of likely N-dealkylation sites (tertiary alicyclic amines) is 1. The van der Waals surface area contributed by atoms with Gasteiger partial charge in [0.05, 0.1) is 12.1 Å². The third-order valence-corrected chi connectivity index (χ3v) is 6.21. The van der Waals surface area contributed by atoms with Crippen LogP contribution in [0.4, 0.5) is 4.39 Å². The molecule has 1 atom stereocenters. The van der Waals surface area contributed by atoms with Crippen LogP contribution >= 0.6 is 12.4 Å².